The van der Waals surface area contributed by atoms with Gasteiger partial charge in [-0.25, -0.2) is 4.79 Å². The number of aliphatic carboxylic acids is 1. The largest absolute Gasteiger partial charge is 0.480 e. The highest BCUT2D eigenvalue weighted by Gasteiger charge is 2.28. The fraction of sp³-hybridized carbons (Fsp3) is 0.579. The lowest BCUT2D eigenvalue weighted by Crippen LogP contribution is -2.45. The molecule has 0 aliphatic heterocycles. The van der Waals surface area contributed by atoms with E-state index in [1.54, 1.807) is 0 Å². The number of carbonyl (C=O) groups is 2. The van der Waals surface area contributed by atoms with Gasteiger partial charge in [0, 0.05) is 12.1 Å². The van der Waals surface area contributed by atoms with E-state index in [0.717, 1.165) is 31.2 Å². The first-order chi connectivity index (χ1) is 11.7. The van der Waals surface area contributed by atoms with Gasteiger partial charge < -0.3 is 15.2 Å². The summed E-state index contributed by atoms with van der Waals surface area (Å²) in [5.74, 6) is -0.875. The van der Waals surface area contributed by atoms with Gasteiger partial charge in [-0.3, -0.25) is 10.1 Å². The maximum absolute atomic E-state index is 11.8. The Morgan fingerprint density at radius 3 is 2.16 bits per heavy atom. The van der Waals surface area contributed by atoms with Crippen LogP contribution in [0.2, 0.25) is 0 Å². The van der Waals surface area contributed by atoms with Crippen molar-refractivity contribution >= 4 is 12.1 Å². The maximum Gasteiger partial charge on any atom is 0.407 e. The third-order valence-corrected chi connectivity index (χ3v) is 4.23. The number of amides is 1. The molecule has 6 heteroatoms. The molecule has 1 aromatic carbocycles. The summed E-state index contributed by atoms with van der Waals surface area (Å²) in [5.41, 5.74) is 0.247. The predicted octanol–water partition coefficient (Wildman–Crippen LogP) is 3.24. The minimum atomic E-state index is -0.875. The van der Waals surface area contributed by atoms with Gasteiger partial charge in [0.05, 0.1) is 0 Å². The number of carboxylic acid groups (broad SMARTS) is 1. The van der Waals surface area contributed by atoms with Gasteiger partial charge in [-0.2, -0.15) is 0 Å². The lowest BCUT2D eigenvalue weighted by molar-refractivity contribution is -0.140. The molecule has 0 bridgehead atoms. The van der Waals surface area contributed by atoms with Crippen LogP contribution in [0.3, 0.4) is 0 Å². The number of carboxylic acids is 1. The highest BCUT2D eigenvalue weighted by Crippen LogP contribution is 2.23. The molecule has 6 nitrogen and oxygen atoms in total. The summed E-state index contributed by atoms with van der Waals surface area (Å²) in [6.07, 6.45) is 2.85. The van der Waals surface area contributed by atoms with E-state index in [2.05, 4.69) is 10.6 Å². The van der Waals surface area contributed by atoms with E-state index < -0.39 is 23.7 Å². The standard InChI is InChI=1S/C19H28N2O4/c1-19(2,3)25-18(24)21-15-11-9-14(10-12-15)20-16(17(22)23)13-7-5-4-6-8-13/h4-8,14-16,20H,9-12H2,1-3H3,(H,21,24)(H,22,23). The van der Waals surface area contributed by atoms with Crippen molar-refractivity contribution in [2.75, 3.05) is 0 Å². The van der Waals surface area contributed by atoms with Crippen molar-refractivity contribution in [2.24, 2.45) is 0 Å². The number of hydrogen-bond acceptors (Lipinski definition) is 4. The van der Waals surface area contributed by atoms with Crippen molar-refractivity contribution in [3.8, 4) is 0 Å². The van der Waals surface area contributed by atoms with E-state index in [1.807, 2.05) is 51.1 Å². The van der Waals surface area contributed by atoms with Gasteiger partial charge in [0.2, 0.25) is 0 Å². The smallest absolute Gasteiger partial charge is 0.407 e. The maximum atomic E-state index is 11.8. The summed E-state index contributed by atoms with van der Waals surface area (Å²) >= 11 is 0. The molecule has 2 rings (SSSR count). The topological polar surface area (TPSA) is 87.7 Å². The Hall–Kier alpha value is -2.08. The second-order valence-corrected chi connectivity index (χ2v) is 7.54. The van der Waals surface area contributed by atoms with Gasteiger partial charge in [-0.1, -0.05) is 30.3 Å². The van der Waals surface area contributed by atoms with Gasteiger partial charge in [-0.15, -0.1) is 0 Å². The van der Waals surface area contributed by atoms with Gasteiger partial charge >= 0.3 is 12.1 Å². The molecule has 3 N–H and O–H groups in total. The average molecular weight is 348 g/mol. The second-order valence-electron chi connectivity index (χ2n) is 7.54. The first-order valence-corrected chi connectivity index (χ1v) is 8.78. The lowest BCUT2D eigenvalue weighted by Gasteiger charge is -2.32. The van der Waals surface area contributed by atoms with E-state index in [-0.39, 0.29) is 12.1 Å². The molecule has 0 saturated heterocycles. The third-order valence-electron chi connectivity index (χ3n) is 4.23. The Morgan fingerprint density at radius 1 is 1.08 bits per heavy atom. The van der Waals surface area contributed by atoms with Crippen LogP contribution in [0.1, 0.15) is 58.1 Å². The zero-order chi connectivity index (χ0) is 18.4. The normalized spacial score (nSPS) is 22.0. The molecule has 1 atom stereocenters. The van der Waals surface area contributed by atoms with E-state index in [9.17, 15) is 14.7 Å². The Bertz CT molecular complexity index is 575. The highest BCUT2D eigenvalue weighted by atomic mass is 16.6. The molecule has 1 aromatic rings. The van der Waals surface area contributed by atoms with E-state index in [4.69, 9.17) is 4.74 Å². The van der Waals surface area contributed by atoms with Crippen LogP contribution in [0.25, 0.3) is 0 Å². The minimum Gasteiger partial charge on any atom is -0.480 e. The van der Waals surface area contributed by atoms with Crippen molar-refractivity contribution in [3.63, 3.8) is 0 Å². The molecule has 0 heterocycles. The van der Waals surface area contributed by atoms with Crippen molar-refractivity contribution in [1.29, 1.82) is 0 Å². The zero-order valence-corrected chi connectivity index (χ0v) is 15.1. The van der Waals surface area contributed by atoms with Gasteiger partial charge in [0.25, 0.3) is 0 Å². The van der Waals surface area contributed by atoms with Gasteiger partial charge in [0.15, 0.2) is 0 Å². The van der Waals surface area contributed by atoms with E-state index >= 15 is 0 Å². The highest BCUT2D eigenvalue weighted by molar-refractivity contribution is 5.75. The molecule has 1 fully saturated rings. The first-order valence-electron chi connectivity index (χ1n) is 8.78. The molecule has 1 aliphatic rings. The van der Waals surface area contributed by atoms with Crippen LogP contribution >= 0.6 is 0 Å². The Labute approximate surface area is 149 Å². The summed E-state index contributed by atoms with van der Waals surface area (Å²) in [4.78, 5) is 23.4. The number of rotatable bonds is 5. The zero-order valence-electron chi connectivity index (χ0n) is 15.1. The fourth-order valence-electron chi connectivity index (χ4n) is 3.07. The minimum absolute atomic E-state index is 0.0768. The molecule has 1 aliphatic carbocycles. The molecular formula is C19H28N2O4. The average Bonchev–Trinajstić information content (AvgIpc) is 2.53. The number of carbonyl (C=O) groups excluding carboxylic acids is 1. The summed E-state index contributed by atoms with van der Waals surface area (Å²) in [6.45, 7) is 5.51. The monoisotopic (exact) mass is 348 g/mol. The van der Waals surface area contributed by atoms with Gasteiger partial charge in [-0.05, 0) is 52.0 Å². The predicted molar refractivity (Wildman–Crippen MR) is 95.4 cm³/mol. The molecule has 0 radical (unpaired) electrons. The molecule has 138 valence electrons. The fourth-order valence-corrected chi connectivity index (χ4v) is 3.07. The molecule has 0 aromatic heterocycles. The molecule has 0 spiro atoms. The Morgan fingerprint density at radius 2 is 1.64 bits per heavy atom. The van der Waals surface area contributed by atoms with Crippen LogP contribution in [0.4, 0.5) is 4.79 Å². The molecule has 1 unspecified atom stereocenters. The van der Waals surface area contributed by atoms with Crippen molar-refractivity contribution in [2.45, 2.75) is 70.2 Å². The quantitative estimate of drug-likeness (QED) is 0.760. The first kappa shape index (κ1) is 19.2. The molecular weight excluding hydrogens is 320 g/mol. The van der Waals surface area contributed by atoms with E-state index in [0.29, 0.717) is 0 Å². The van der Waals surface area contributed by atoms with E-state index in [1.165, 1.54) is 0 Å². The molecule has 1 amide bonds. The Balaban J connectivity index is 1.83. The lowest BCUT2D eigenvalue weighted by atomic mass is 9.90. The summed E-state index contributed by atoms with van der Waals surface area (Å²) < 4.78 is 5.28. The number of alkyl carbamates (subject to hydrolysis) is 1. The van der Waals surface area contributed by atoms with Crippen molar-refractivity contribution in [3.05, 3.63) is 35.9 Å². The second kappa shape index (κ2) is 8.34. The summed E-state index contributed by atoms with van der Waals surface area (Å²) in [6, 6.07) is 8.69. The number of hydrogen-bond donors (Lipinski definition) is 3. The third kappa shape index (κ3) is 6.38. The van der Waals surface area contributed by atoms with Crippen LogP contribution in [-0.4, -0.2) is 34.9 Å². The number of benzene rings is 1. The van der Waals surface area contributed by atoms with Gasteiger partial charge in [0.1, 0.15) is 11.6 Å². The number of ether oxygens (including phenoxy) is 1. The Kier molecular flexibility index (Phi) is 6.42. The number of nitrogens with one attached hydrogen (secondary N) is 2. The summed E-state index contributed by atoms with van der Waals surface area (Å²) in [5, 5.41) is 15.6. The van der Waals surface area contributed by atoms with Crippen LogP contribution < -0.4 is 10.6 Å². The summed E-state index contributed by atoms with van der Waals surface area (Å²) in [7, 11) is 0. The van der Waals surface area contributed by atoms with Crippen molar-refractivity contribution in [1.82, 2.24) is 10.6 Å². The van der Waals surface area contributed by atoms with Crippen LogP contribution in [0, 0.1) is 0 Å². The van der Waals surface area contributed by atoms with Crippen molar-refractivity contribution < 1.29 is 19.4 Å². The van der Waals surface area contributed by atoms with Crippen LogP contribution in [-0.2, 0) is 9.53 Å². The molecule has 25 heavy (non-hydrogen) atoms. The SMILES string of the molecule is CC(C)(C)OC(=O)NC1CCC(NC(C(=O)O)c2ccccc2)CC1. The molecule has 1 saturated carbocycles. The van der Waals surface area contributed by atoms with Crippen LogP contribution in [0.15, 0.2) is 30.3 Å². The van der Waals surface area contributed by atoms with Crippen LogP contribution in [0.5, 0.6) is 0 Å².